The fourth-order valence-electron chi connectivity index (χ4n) is 2.05. The second kappa shape index (κ2) is 8.63. The first kappa shape index (κ1) is 19.7. The molecule has 0 spiro atoms. The van der Waals surface area contributed by atoms with Gasteiger partial charge in [0.1, 0.15) is 5.82 Å². The average molecular weight is 422 g/mol. The fraction of sp³-hybridized carbons (Fsp3) is 0.263. The maximum atomic E-state index is 14.2. The molecule has 0 atom stereocenters. The van der Waals surface area contributed by atoms with Gasteiger partial charge in [-0.3, -0.25) is 0 Å². The number of rotatable bonds is 4. The molecule has 0 aromatic heterocycles. The van der Waals surface area contributed by atoms with Gasteiger partial charge in [0, 0.05) is 11.3 Å². The Balaban J connectivity index is 2.09. The van der Waals surface area contributed by atoms with Crippen LogP contribution in [0.25, 0.3) is 0 Å². The van der Waals surface area contributed by atoms with E-state index in [0.29, 0.717) is 21.0 Å². The largest absolute Gasteiger partial charge is 0.377 e. The molecule has 0 fully saturated rings. The van der Waals surface area contributed by atoms with E-state index < -0.39 is 0 Å². The van der Waals surface area contributed by atoms with Crippen molar-refractivity contribution in [2.45, 2.75) is 31.9 Å². The lowest BCUT2D eigenvalue weighted by atomic mass is 9.86. The molecule has 0 saturated heterocycles. The van der Waals surface area contributed by atoms with Gasteiger partial charge in [-0.05, 0) is 44.6 Å². The third-order valence-electron chi connectivity index (χ3n) is 3.51. The molecule has 6 heteroatoms. The van der Waals surface area contributed by atoms with Gasteiger partial charge in [-0.15, -0.1) is 5.10 Å². The Bertz CT molecular complexity index is 783. The van der Waals surface area contributed by atoms with Gasteiger partial charge in [-0.25, -0.2) is 4.39 Å². The van der Waals surface area contributed by atoms with Crippen LogP contribution in [-0.2, 0) is 11.2 Å². The Morgan fingerprint density at radius 1 is 1.24 bits per heavy atom. The van der Waals surface area contributed by atoms with Crippen LogP contribution in [0, 0.1) is 5.82 Å². The number of amidine groups is 1. The van der Waals surface area contributed by atoms with Crippen molar-refractivity contribution in [3.05, 3.63) is 69.4 Å². The molecule has 2 N–H and O–H groups in total. The summed E-state index contributed by atoms with van der Waals surface area (Å²) in [6.07, 6.45) is 1.39. The first-order valence-corrected chi connectivity index (χ1v) is 9.58. The lowest BCUT2D eigenvalue weighted by Gasteiger charge is -2.20. The zero-order chi connectivity index (χ0) is 18.4. The molecule has 0 aliphatic carbocycles. The van der Waals surface area contributed by atoms with E-state index in [0.717, 1.165) is 11.1 Å². The molecule has 0 unspecified atom stereocenters. The van der Waals surface area contributed by atoms with Crippen molar-refractivity contribution in [1.82, 2.24) is 0 Å². The van der Waals surface area contributed by atoms with E-state index in [2.05, 4.69) is 46.9 Å². The summed E-state index contributed by atoms with van der Waals surface area (Å²) in [5.41, 5.74) is 8.30. The van der Waals surface area contributed by atoms with Gasteiger partial charge in [0.2, 0.25) is 0 Å². The summed E-state index contributed by atoms with van der Waals surface area (Å²) in [5.74, 6) is 0.355. The van der Waals surface area contributed by atoms with Crippen molar-refractivity contribution in [2.75, 3.05) is 0 Å². The zero-order valence-electron chi connectivity index (χ0n) is 14.5. The van der Waals surface area contributed by atoms with E-state index >= 15 is 0 Å². The highest BCUT2D eigenvalue weighted by Gasteiger charge is 2.17. The molecule has 0 heterocycles. The predicted octanol–water partition coefficient (Wildman–Crippen LogP) is 5.47. The highest BCUT2D eigenvalue weighted by atomic mass is 79.9. The number of halogens is 2. The minimum absolute atomic E-state index is 0.0906. The van der Waals surface area contributed by atoms with Crippen LogP contribution in [0.3, 0.4) is 0 Å². The van der Waals surface area contributed by atoms with Gasteiger partial charge < -0.3 is 5.73 Å². The third kappa shape index (κ3) is 5.97. The van der Waals surface area contributed by atoms with E-state index in [1.54, 1.807) is 12.1 Å². The molecular formula is C19H21BrFN3S. The van der Waals surface area contributed by atoms with Gasteiger partial charge >= 0.3 is 0 Å². The molecule has 2 rings (SSSR count). The van der Waals surface area contributed by atoms with Gasteiger partial charge in [-0.2, -0.15) is 5.10 Å². The number of nitrogens with two attached hydrogens (primary N) is 1. The van der Waals surface area contributed by atoms with Gasteiger partial charge in [0.15, 0.2) is 5.17 Å². The van der Waals surface area contributed by atoms with Crippen molar-refractivity contribution in [3.63, 3.8) is 0 Å². The number of thioether (sulfide) groups is 1. The SMILES string of the molecule is CC(C)(C)c1cc(Br)c(F)c(C=NN=C(N)SCc2ccccc2)c1. The van der Waals surface area contributed by atoms with E-state index in [1.807, 2.05) is 30.3 Å². The van der Waals surface area contributed by atoms with Crippen molar-refractivity contribution < 1.29 is 4.39 Å². The molecule has 132 valence electrons. The Hall–Kier alpha value is -1.66. The van der Waals surface area contributed by atoms with Crippen molar-refractivity contribution >= 4 is 39.1 Å². The van der Waals surface area contributed by atoms with Crippen LogP contribution in [0.2, 0.25) is 0 Å². The molecule has 3 nitrogen and oxygen atoms in total. The summed E-state index contributed by atoms with van der Waals surface area (Å²) < 4.78 is 14.7. The van der Waals surface area contributed by atoms with Crippen LogP contribution in [0.4, 0.5) is 4.39 Å². The molecule has 0 aliphatic heterocycles. The lowest BCUT2D eigenvalue weighted by molar-refractivity contribution is 0.579. The summed E-state index contributed by atoms with van der Waals surface area (Å²) in [6, 6.07) is 13.5. The maximum absolute atomic E-state index is 14.2. The van der Waals surface area contributed by atoms with E-state index in [9.17, 15) is 4.39 Å². The topological polar surface area (TPSA) is 50.7 Å². The number of nitrogens with zero attached hydrogens (tertiary/aromatic N) is 2. The van der Waals surface area contributed by atoms with Crippen LogP contribution >= 0.6 is 27.7 Å². The number of hydrogen-bond acceptors (Lipinski definition) is 3. The molecule has 2 aromatic rings. The quantitative estimate of drug-likeness (QED) is 0.404. The molecule has 0 radical (unpaired) electrons. The minimum Gasteiger partial charge on any atom is -0.377 e. The average Bonchev–Trinajstić information content (AvgIpc) is 2.56. The number of hydrogen-bond donors (Lipinski definition) is 1. The Morgan fingerprint density at radius 2 is 1.92 bits per heavy atom. The van der Waals surface area contributed by atoms with E-state index in [4.69, 9.17) is 5.73 Å². The monoisotopic (exact) mass is 421 g/mol. The van der Waals surface area contributed by atoms with Gasteiger partial charge in [0.05, 0.1) is 10.7 Å². The van der Waals surface area contributed by atoms with Gasteiger partial charge in [0.25, 0.3) is 0 Å². The van der Waals surface area contributed by atoms with Crippen LogP contribution < -0.4 is 5.73 Å². The summed E-state index contributed by atoms with van der Waals surface area (Å²) in [6.45, 7) is 6.22. The van der Waals surface area contributed by atoms with Crippen molar-refractivity contribution in [2.24, 2.45) is 15.9 Å². The van der Waals surface area contributed by atoms with E-state index in [-0.39, 0.29) is 11.2 Å². The normalized spacial score (nSPS) is 12.8. The smallest absolute Gasteiger partial charge is 0.180 e. The molecule has 0 aliphatic rings. The van der Waals surface area contributed by atoms with E-state index in [1.165, 1.54) is 18.0 Å². The first-order chi connectivity index (χ1) is 11.8. The Morgan fingerprint density at radius 3 is 2.56 bits per heavy atom. The predicted molar refractivity (Wildman–Crippen MR) is 110 cm³/mol. The second-order valence-corrected chi connectivity index (χ2v) is 8.42. The Labute approximate surface area is 160 Å². The molecule has 2 aromatic carbocycles. The molecule has 0 saturated carbocycles. The van der Waals surface area contributed by atoms with Crippen LogP contribution in [0.15, 0.2) is 57.1 Å². The van der Waals surface area contributed by atoms with Crippen molar-refractivity contribution in [3.8, 4) is 0 Å². The molecular weight excluding hydrogens is 401 g/mol. The highest BCUT2D eigenvalue weighted by molar-refractivity contribution is 9.10. The van der Waals surface area contributed by atoms with Crippen LogP contribution in [0.5, 0.6) is 0 Å². The molecule has 0 bridgehead atoms. The summed E-state index contributed by atoms with van der Waals surface area (Å²) in [4.78, 5) is 0. The fourth-order valence-corrected chi connectivity index (χ4v) is 3.13. The third-order valence-corrected chi connectivity index (χ3v) is 4.94. The van der Waals surface area contributed by atoms with Gasteiger partial charge in [-0.1, -0.05) is 62.9 Å². The summed E-state index contributed by atoms with van der Waals surface area (Å²) in [5, 5.41) is 8.22. The summed E-state index contributed by atoms with van der Waals surface area (Å²) >= 11 is 4.65. The van der Waals surface area contributed by atoms with Crippen LogP contribution in [-0.4, -0.2) is 11.4 Å². The number of benzene rings is 2. The maximum Gasteiger partial charge on any atom is 0.180 e. The highest BCUT2D eigenvalue weighted by Crippen LogP contribution is 2.28. The molecule has 0 amide bonds. The summed E-state index contributed by atoms with van der Waals surface area (Å²) in [7, 11) is 0. The van der Waals surface area contributed by atoms with Crippen molar-refractivity contribution in [1.29, 1.82) is 0 Å². The zero-order valence-corrected chi connectivity index (χ0v) is 16.9. The first-order valence-electron chi connectivity index (χ1n) is 7.80. The molecule has 25 heavy (non-hydrogen) atoms. The van der Waals surface area contributed by atoms with Crippen LogP contribution in [0.1, 0.15) is 37.5 Å². The Kier molecular flexibility index (Phi) is 6.79. The standard InChI is InChI=1S/C19H21BrFN3S/c1-19(2,3)15-9-14(17(21)16(20)10-15)11-23-24-18(22)25-12-13-7-5-4-6-8-13/h4-11H,12H2,1-3H3,(H2,22,24). The second-order valence-electron chi connectivity index (χ2n) is 6.57. The minimum atomic E-state index is -0.359. The lowest BCUT2D eigenvalue weighted by Crippen LogP contribution is -2.12.